The third kappa shape index (κ3) is 1.50. The van der Waals surface area contributed by atoms with Gasteiger partial charge >= 0.3 is 0 Å². The highest BCUT2D eigenvalue weighted by Gasteiger charge is 2.07. The number of pyridine rings is 1. The minimum absolute atomic E-state index is 0.813. The van der Waals surface area contributed by atoms with Gasteiger partial charge in [-0.3, -0.25) is 4.98 Å². The van der Waals surface area contributed by atoms with Gasteiger partial charge in [-0.2, -0.15) is 0 Å². The van der Waals surface area contributed by atoms with Crippen LogP contribution < -0.4 is 0 Å². The lowest BCUT2D eigenvalue weighted by Crippen LogP contribution is -1.89. The topological polar surface area (TPSA) is 12.9 Å². The van der Waals surface area contributed by atoms with Gasteiger partial charge in [0.25, 0.3) is 0 Å². The van der Waals surface area contributed by atoms with Crippen LogP contribution in [0.5, 0.6) is 0 Å². The molecule has 0 amide bonds. The Bertz CT molecular complexity index is 461. The van der Waals surface area contributed by atoms with Gasteiger partial charge in [-0.1, -0.05) is 23.7 Å². The number of aromatic nitrogens is 1. The molecular weight excluding hydrogens is 308 g/mol. The maximum absolute atomic E-state index is 6.21. The summed E-state index contributed by atoms with van der Waals surface area (Å²) in [7, 11) is 0. The van der Waals surface area contributed by atoms with E-state index in [1.807, 2.05) is 19.2 Å². The van der Waals surface area contributed by atoms with Crippen molar-refractivity contribution in [2.24, 2.45) is 0 Å². The van der Waals surface area contributed by atoms with Crippen molar-refractivity contribution in [2.45, 2.75) is 13.8 Å². The summed E-state index contributed by atoms with van der Waals surface area (Å²) in [5, 5.41) is 1.86. The third-order valence-electron chi connectivity index (χ3n) is 2.28. The van der Waals surface area contributed by atoms with Crippen molar-refractivity contribution in [3.8, 4) is 0 Å². The van der Waals surface area contributed by atoms with E-state index in [0.29, 0.717) is 0 Å². The molecule has 0 N–H and O–H groups in total. The van der Waals surface area contributed by atoms with E-state index < -0.39 is 0 Å². The van der Waals surface area contributed by atoms with Crippen LogP contribution in [0.4, 0.5) is 0 Å². The van der Waals surface area contributed by atoms with Gasteiger partial charge in [-0.25, -0.2) is 0 Å². The fourth-order valence-corrected chi connectivity index (χ4v) is 2.21. The molecule has 2 aromatic rings. The average Bonchev–Trinajstić information content (AvgIpc) is 2.17. The summed E-state index contributed by atoms with van der Waals surface area (Å²) in [5.74, 6) is 0. The molecular formula is C11H9ClIN. The molecule has 0 bridgehead atoms. The summed E-state index contributed by atoms with van der Waals surface area (Å²) < 4.78 is 1.18. The van der Waals surface area contributed by atoms with E-state index in [4.69, 9.17) is 11.6 Å². The second-order valence-electron chi connectivity index (χ2n) is 3.35. The molecule has 0 aliphatic rings. The van der Waals surface area contributed by atoms with E-state index in [0.717, 1.165) is 21.5 Å². The van der Waals surface area contributed by atoms with Gasteiger partial charge in [-0.15, -0.1) is 0 Å². The van der Waals surface area contributed by atoms with E-state index in [1.165, 1.54) is 9.13 Å². The summed E-state index contributed by atoms with van der Waals surface area (Å²) >= 11 is 8.52. The molecule has 0 aliphatic carbocycles. The van der Waals surface area contributed by atoms with E-state index in [-0.39, 0.29) is 0 Å². The summed E-state index contributed by atoms with van der Waals surface area (Å²) in [6.45, 7) is 4.05. The molecule has 0 spiro atoms. The molecule has 72 valence electrons. The molecule has 1 aromatic heterocycles. The Labute approximate surface area is 102 Å². The van der Waals surface area contributed by atoms with E-state index in [2.05, 4.69) is 40.6 Å². The highest BCUT2D eigenvalue weighted by molar-refractivity contribution is 14.1. The van der Waals surface area contributed by atoms with Gasteiger partial charge in [0.1, 0.15) is 0 Å². The molecule has 0 aliphatic heterocycles. The third-order valence-corrected chi connectivity index (χ3v) is 4.14. The minimum Gasteiger partial charge on any atom is -0.255 e. The van der Waals surface area contributed by atoms with Crippen molar-refractivity contribution in [3.05, 3.63) is 38.0 Å². The Morgan fingerprint density at radius 1 is 1.21 bits per heavy atom. The highest BCUT2D eigenvalue weighted by atomic mass is 127. The Balaban J connectivity index is 2.94. The van der Waals surface area contributed by atoms with Crippen molar-refractivity contribution >= 4 is 45.1 Å². The van der Waals surface area contributed by atoms with Crippen molar-refractivity contribution in [3.63, 3.8) is 0 Å². The number of aryl methyl sites for hydroxylation is 2. The van der Waals surface area contributed by atoms with Gasteiger partial charge in [0.2, 0.25) is 0 Å². The van der Waals surface area contributed by atoms with Crippen LogP contribution in [0.2, 0.25) is 5.02 Å². The van der Waals surface area contributed by atoms with Crippen LogP contribution in [0.15, 0.2) is 18.3 Å². The zero-order valence-corrected chi connectivity index (χ0v) is 10.8. The molecule has 0 atom stereocenters. The van der Waals surface area contributed by atoms with Gasteiger partial charge < -0.3 is 0 Å². The largest absolute Gasteiger partial charge is 0.255 e. The van der Waals surface area contributed by atoms with E-state index in [1.54, 1.807) is 0 Å². The van der Waals surface area contributed by atoms with Crippen molar-refractivity contribution in [2.75, 3.05) is 0 Å². The molecule has 1 heterocycles. The van der Waals surface area contributed by atoms with E-state index in [9.17, 15) is 0 Å². The van der Waals surface area contributed by atoms with Crippen LogP contribution in [0.1, 0.15) is 11.1 Å². The molecule has 0 saturated heterocycles. The zero-order chi connectivity index (χ0) is 10.3. The molecule has 14 heavy (non-hydrogen) atoms. The Kier molecular flexibility index (Phi) is 2.66. The first-order chi connectivity index (χ1) is 6.61. The highest BCUT2D eigenvalue weighted by Crippen LogP contribution is 2.29. The molecule has 0 radical (unpaired) electrons. The summed E-state index contributed by atoms with van der Waals surface area (Å²) in [6.07, 6.45) is 1.83. The first-order valence-electron chi connectivity index (χ1n) is 4.31. The second-order valence-corrected chi connectivity index (χ2v) is 4.80. The zero-order valence-electron chi connectivity index (χ0n) is 7.94. The lowest BCUT2D eigenvalue weighted by molar-refractivity contribution is 1.31. The maximum atomic E-state index is 6.21. The monoisotopic (exact) mass is 317 g/mol. The van der Waals surface area contributed by atoms with Gasteiger partial charge in [0.05, 0.1) is 10.5 Å². The summed E-state index contributed by atoms with van der Waals surface area (Å²) in [6, 6.07) is 4.12. The number of benzene rings is 1. The predicted molar refractivity (Wildman–Crippen MR) is 68.9 cm³/mol. The van der Waals surface area contributed by atoms with Crippen LogP contribution >= 0.6 is 34.2 Å². The fraction of sp³-hybridized carbons (Fsp3) is 0.182. The van der Waals surface area contributed by atoms with Crippen molar-refractivity contribution < 1.29 is 0 Å². The van der Waals surface area contributed by atoms with Crippen LogP contribution in [0, 0.1) is 17.4 Å². The van der Waals surface area contributed by atoms with Crippen molar-refractivity contribution in [1.29, 1.82) is 0 Å². The first-order valence-corrected chi connectivity index (χ1v) is 5.77. The lowest BCUT2D eigenvalue weighted by Gasteiger charge is -2.06. The van der Waals surface area contributed by atoms with Gasteiger partial charge in [0.15, 0.2) is 0 Å². The quantitative estimate of drug-likeness (QED) is 0.666. The standard InChI is InChI=1S/C11H9ClIN/c1-6-3-4-8-9(12)7(2)5-14-11(8)10(6)13/h3-5H,1-2H3. The summed E-state index contributed by atoms with van der Waals surface area (Å²) in [4.78, 5) is 4.41. The molecule has 0 saturated carbocycles. The Morgan fingerprint density at radius 2 is 1.93 bits per heavy atom. The Hall–Kier alpha value is -0.350. The number of nitrogens with zero attached hydrogens (tertiary/aromatic N) is 1. The maximum Gasteiger partial charge on any atom is 0.0853 e. The fourth-order valence-electron chi connectivity index (χ4n) is 1.40. The predicted octanol–water partition coefficient (Wildman–Crippen LogP) is 4.11. The molecule has 2 rings (SSSR count). The second kappa shape index (κ2) is 3.66. The minimum atomic E-state index is 0.813. The number of fused-ring (bicyclic) bond motifs is 1. The first kappa shape index (κ1) is 10.2. The molecule has 0 fully saturated rings. The smallest absolute Gasteiger partial charge is 0.0853 e. The lowest BCUT2D eigenvalue weighted by atomic mass is 10.1. The van der Waals surface area contributed by atoms with Crippen LogP contribution in [-0.4, -0.2) is 4.98 Å². The summed E-state index contributed by atoms with van der Waals surface area (Å²) in [5.41, 5.74) is 3.27. The van der Waals surface area contributed by atoms with Gasteiger partial charge in [-0.05, 0) is 47.6 Å². The molecule has 3 heteroatoms. The van der Waals surface area contributed by atoms with Crippen LogP contribution in [0.3, 0.4) is 0 Å². The SMILES string of the molecule is Cc1cnc2c(I)c(C)ccc2c1Cl. The number of rotatable bonds is 0. The molecule has 1 nitrogen and oxygen atoms in total. The molecule has 1 aromatic carbocycles. The number of hydrogen-bond acceptors (Lipinski definition) is 1. The van der Waals surface area contributed by atoms with Gasteiger partial charge in [0, 0.05) is 15.2 Å². The Morgan fingerprint density at radius 3 is 2.64 bits per heavy atom. The van der Waals surface area contributed by atoms with Crippen LogP contribution in [0.25, 0.3) is 10.9 Å². The van der Waals surface area contributed by atoms with E-state index >= 15 is 0 Å². The average molecular weight is 318 g/mol. The normalized spacial score (nSPS) is 10.9. The van der Waals surface area contributed by atoms with Crippen molar-refractivity contribution in [1.82, 2.24) is 4.98 Å². The molecule has 0 unspecified atom stereocenters. The number of halogens is 2. The number of hydrogen-bond donors (Lipinski definition) is 0. The van der Waals surface area contributed by atoms with Crippen LogP contribution in [-0.2, 0) is 0 Å².